The summed E-state index contributed by atoms with van der Waals surface area (Å²) in [5, 5.41) is 0.693. The molecule has 2 aromatic rings. The molecule has 0 fully saturated rings. The van der Waals surface area contributed by atoms with Gasteiger partial charge in [-0.25, -0.2) is 0 Å². The SMILES string of the molecule is Cc1cc2c(n1-c1ccc(Cl)c(Br)c1)CCCC2=O. The number of rotatable bonds is 1. The molecule has 98 valence electrons. The molecule has 1 aromatic carbocycles. The minimum Gasteiger partial charge on any atom is -0.317 e. The lowest BCUT2D eigenvalue weighted by atomic mass is 9.96. The number of benzene rings is 1. The number of hydrogen-bond acceptors (Lipinski definition) is 1. The number of fused-ring (bicyclic) bond motifs is 1. The fourth-order valence-corrected chi connectivity index (χ4v) is 3.20. The molecule has 0 saturated heterocycles. The summed E-state index contributed by atoms with van der Waals surface area (Å²) in [4.78, 5) is 12.0. The van der Waals surface area contributed by atoms with Crippen LogP contribution in [0, 0.1) is 6.92 Å². The number of carbonyl (C=O) groups excluding carboxylic acids is 1. The third kappa shape index (κ3) is 2.15. The number of hydrogen-bond donors (Lipinski definition) is 0. The molecule has 1 aromatic heterocycles. The standard InChI is InChI=1S/C15H13BrClNO/c1-9-7-11-14(3-2-4-15(11)19)18(9)10-5-6-13(17)12(16)8-10/h5-8H,2-4H2,1H3. The molecular formula is C15H13BrClNO. The number of aromatic nitrogens is 1. The maximum absolute atomic E-state index is 12.0. The van der Waals surface area contributed by atoms with Gasteiger partial charge < -0.3 is 4.57 Å². The normalized spacial score (nSPS) is 14.6. The smallest absolute Gasteiger partial charge is 0.164 e. The molecule has 0 bridgehead atoms. The van der Waals surface area contributed by atoms with Crippen LogP contribution in [0.3, 0.4) is 0 Å². The van der Waals surface area contributed by atoms with Gasteiger partial charge in [0, 0.05) is 33.5 Å². The van der Waals surface area contributed by atoms with E-state index in [0.29, 0.717) is 11.4 Å². The minimum absolute atomic E-state index is 0.260. The molecule has 0 aliphatic heterocycles. The second-order valence-electron chi connectivity index (χ2n) is 4.86. The van der Waals surface area contributed by atoms with Crippen LogP contribution in [0.1, 0.15) is 34.6 Å². The molecule has 0 atom stereocenters. The molecule has 0 radical (unpaired) electrons. The van der Waals surface area contributed by atoms with Gasteiger partial charge in [0.1, 0.15) is 0 Å². The topological polar surface area (TPSA) is 22.0 Å². The minimum atomic E-state index is 0.260. The van der Waals surface area contributed by atoms with Crippen molar-refractivity contribution in [1.29, 1.82) is 0 Å². The van der Waals surface area contributed by atoms with Crippen molar-refractivity contribution in [3.63, 3.8) is 0 Å². The maximum atomic E-state index is 12.0. The molecule has 1 aliphatic carbocycles. The van der Waals surface area contributed by atoms with Crippen LogP contribution in [0.2, 0.25) is 5.02 Å². The van der Waals surface area contributed by atoms with Crippen LogP contribution in [0.4, 0.5) is 0 Å². The molecule has 0 spiro atoms. The Bertz CT molecular complexity index is 675. The third-order valence-electron chi connectivity index (χ3n) is 3.57. The van der Waals surface area contributed by atoms with Gasteiger partial charge in [-0.05, 0) is 60.0 Å². The fourth-order valence-electron chi connectivity index (χ4n) is 2.71. The molecule has 19 heavy (non-hydrogen) atoms. The van der Waals surface area contributed by atoms with Crippen LogP contribution in [0.15, 0.2) is 28.7 Å². The molecule has 1 heterocycles. The molecule has 0 amide bonds. The number of ketones is 1. The summed E-state index contributed by atoms with van der Waals surface area (Å²) in [5.74, 6) is 0.260. The second kappa shape index (κ2) is 4.80. The number of carbonyl (C=O) groups is 1. The van der Waals surface area contributed by atoms with E-state index in [1.807, 2.05) is 31.2 Å². The lowest BCUT2D eigenvalue weighted by Gasteiger charge is -2.16. The van der Waals surface area contributed by atoms with Crippen LogP contribution >= 0.6 is 27.5 Å². The monoisotopic (exact) mass is 337 g/mol. The highest BCUT2D eigenvalue weighted by molar-refractivity contribution is 9.10. The van der Waals surface area contributed by atoms with E-state index < -0.39 is 0 Å². The highest BCUT2D eigenvalue weighted by Crippen LogP contribution is 2.31. The zero-order valence-electron chi connectivity index (χ0n) is 10.5. The molecule has 0 N–H and O–H groups in total. The van der Waals surface area contributed by atoms with Gasteiger partial charge in [0.2, 0.25) is 0 Å². The molecule has 1 aliphatic rings. The number of halogens is 2. The predicted molar refractivity (Wildman–Crippen MR) is 80.5 cm³/mol. The van der Waals surface area contributed by atoms with Crippen LogP contribution in [-0.2, 0) is 6.42 Å². The van der Waals surface area contributed by atoms with E-state index >= 15 is 0 Å². The van der Waals surface area contributed by atoms with E-state index in [1.165, 1.54) is 0 Å². The van der Waals surface area contributed by atoms with Gasteiger partial charge in [-0.2, -0.15) is 0 Å². The van der Waals surface area contributed by atoms with Crippen molar-refractivity contribution in [1.82, 2.24) is 4.57 Å². The van der Waals surface area contributed by atoms with E-state index in [-0.39, 0.29) is 5.78 Å². The van der Waals surface area contributed by atoms with E-state index in [2.05, 4.69) is 20.5 Å². The molecule has 2 nitrogen and oxygen atoms in total. The van der Waals surface area contributed by atoms with Crippen molar-refractivity contribution < 1.29 is 4.79 Å². The van der Waals surface area contributed by atoms with Crippen LogP contribution < -0.4 is 0 Å². The summed E-state index contributed by atoms with van der Waals surface area (Å²) in [6.45, 7) is 2.04. The fraction of sp³-hybridized carbons (Fsp3) is 0.267. The largest absolute Gasteiger partial charge is 0.317 e. The van der Waals surface area contributed by atoms with Gasteiger partial charge >= 0.3 is 0 Å². The Morgan fingerprint density at radius 1 is 1.26 bits per heavy atom. The zero-order valence-corrected chi connectivity index (χ0v) is 12.9. The van der Waals surface area contributed by atoms with Crippen molar-refractivity contribution in [3.05, 3.63) is 50.7 Å². The van der Waals surface area contributed by atoms with Crippen LogP contribution in [-0.4, -0.2) is 10.4 Å². The van der Waals surface area contributed by atoms with E-state index in [4.69, 9.17) is 11.6 Å². The van der Waals surface area contributed by atoms with Gasteiger partial charge in [-0.15, -0.1) is 0 Å². The summed E-state index contributed by atoms with van der Waals surface area (Å²) in [6, 6.07) is 7.85. The number of Topliss-reactive ketones (excluding diaryl/α,β-unsaturated/α-hetero) is 1. The average Bonchev–Trinajstić information content (AvgIpc) is 2.71. The second-order valence-corrected chi connectivity index (χ2v) is 6.12. The Labute approximate surface area is 125 Å². The zero-order chi connectivity index (χ0) is 13.6. The molecule has 4 heteroatoms. The van der Waals surface area contributed by atoms with Crippen molar-refractivity contribution in [2.24, 2.45) is 0 Å². The molecular weight excluding hydrogens is 326 g/mol. The number of nitrogens with zero attached hydrogens (tertiary/aromatic N) is 1. The summed E-state index contributed by atoms with van der Waals surface area (Å²) in [5.41, 5.74) is 4.15. The molecule has 0 saturated carbocycles. The summed E-state index contributed by atoms with van der Waals surface area (Å²) >= 11 is 9.49. The van der Waals surface area contributed by atoms with Crippen LogP contribution in [0.25, 0.3) is 5.69 Å². The van der Waals surface area contributed by atoms with Crippen molar-refractivity contribution in [3.8, 4) is 5.69 Å². The maximum Gasteiger partial charge on any atom is 0.164 e. The Kier molecular flexibility index (Phi) is 3.27. The first-order valence-electron chi connectivity index (χ1n) is 6.28. The van der Waals surface area contributed by atoms with E-state index in [0.717, 1.165) is 40.0 Å². The average molecular weight is 339 g/mol. The first-order valence-corrected chi connectivity index (χ1v) is 7.45. The van der Waals surface area contributed by atoms with Crippen LogP contribution in [0.5, 0.6) is 0 Å². The quantitative estimate of drug-likeness (QED) is 0.737. The molecule has 3 rings (SSSR count). The Morgan fingerprint density at radius 3 is 2.79 bits per heavy atom. The van der Waals surface area contributed by atoms with Crippen molar-refractivity contribution >= 4 is 33.3 Å². The first kappa shape index (κ1) is 12.9. The van der Waals surface area contributed by atoms with E-state index in [9.17, 15) is 4.79 Å². The summed E-state index contributed by atoms with van der Waals surface area (Å²) in [7, 11) is 0. The highest BCUT2D eigenvalue weighted by atomic mass is 79.9. The third-order valence-corrected chi connectivity index (χ3v) is 4.78. The first-order chi connectivity index (χ1) is 9.08. The molecule has 0 unspecified atom stereocenters. The lowest BCUT2D eigenvalue weighted by molar-refractivity contribution is 0.0972. The Hall–Kier alpha value is -1.06. The van der Waals surface area contributed by atoms with Gasteiger partial charge in [0.05, 0.1) is 5.02 Å². The predicted octanol–water partition coefficient (Wildman–Crippen LogP) is 4.72. The highest BCUT2D eigenvalue weighted by Gasteiger charge is 2.23. The summed E-state index contributed by atoms with van der Waals surface area (Å²) in [6.07, 6.45) is 2.56. The Balaban J connectivity index is 2.20. The number of aryl methyl sites for hydroxylation is 1. The van der Waals surface area contributed by atoms with Gasteiger partial charge in [0.15, 0.2) is 5.78 Å². The van der Waals surface area contributed by atoms with Gasteiger partial charge in [-0.1, -0.05) is 11.6 Å². The summed E-state index contributed by atoms with van der Waals surface area (Å²) < 4.78 is 3.03. The lowest BCUT2D eigenvalue weighted by Crippen LogP contribution is -2.12. The van der Waals surface area contributed by atoms with Gasteiger partial charge in [-0.3, -0.25) is 4.79 Å². The van der Waals surface area contributed by atoms with E-state index in [1.54, 1.807) is 0 Å². The van der Waals surface area contributed by atoms with Crippen molar-refractivity contribution in [2.45, 2.75) is 26.2 Å². The van der Waals surface area contributed by atoms with Crippen molar-refractivity contribution in [2.75, 3.05) is 0 Å². The Morgan fingerprint density at radius 2 is 2.05 bits per heavy atom. The van der Waals surface area contributed by atoms with Gasteiger partial charge in [0.25, 0.3) is 0 Å².